The van der Waals surface area contributed by atoms with E-state index in [2.05, 4.69) is 41.4 Å². The van der Waals surface area contributed by atoms with E-state index < -0.39 is 0 Å². The minimum Gasteiger partial charge on any atom is -0.395 e. The highest BCUT2D eigenvalue weighted by Gasteiger charge is 2.22. The highest BCUT2D eigenvalue weighted by molar-refractivity contribution is 5.49. The SMILES string of the molecule is CNC(C)c1ccc(N(CCO)C2CCCC2)cc1. The van der Waals surface area contributed by atoms with Crippen LogP contribution in [0.4, 0.5) is 5.69 Å². The lowest BCUT2D eigenvalue weighted by atomic mass is 10.1. The van der Waals surface area contributed by atoms with E-state index in [1.54, 1.807) is 0 Å². The zero-order valence-electron chi connectivity index (χ0n) is 12.1. The van der Waals surface area contributed by atoms with Gasteiger partial charge in [0.2, 0.25) is 0 Å². The predicted octanol–water partition coefficient (Wildman–Crippen LogP) is 2.71. The molecule has 0 spiro atoms. The summed E-state index contributed by atoms with van der Waals surface area (Å²) in [6.45, 7) is 3.13. The molecule has 0 aromatic heterocycles. The number of anilines is 1. The van der Waals surface area contributed by atoms with Gasteiger partial charge < -0.3 is 15.3 Å². The van der Waals surface area contributed by atoms with E-state index in [0.717, 1.165) is 6.54 Å². The molecule has 0 aliphatic heterocycles. The molecule has 1 saturated carbocycles. The standard InChI is InChI=1S/C16H26N2O/c1-13(17-2)14-7-9-16(10-8-14)18(11-12-19)15-5-3-4-6-15/h7-10,13,15,17,19H,3-6,11-12H2,1-2H3. The summed E-state index contributed by atoms with van der Waals surface area (Å²) in [7, 11) is 1.98. The van der Waals surface area contributed by atoms with Crippen molar-refractivity contribution >= 4 is 5.69 Å². The fourth-order valence-corrected chi connectivity index (χ4v) is 2.97. The van der Waals surface area contributed by atoms with Crippen LogP contribution in [0.1, 0.15) is 44.2 Å². The van der Waals surface area contributed by atoms with Gasteiger partial charge in [0.25, 0.3) is 0 Å². The lowest BCUT2D eigenvalue weighted by Crippen LogP contribution is -2.35. The van der Waals surface area contributed by atoms with Crippen LogP contribution in [0.25, 0.3) is 0 Å². The third-order valence-corrected chi connectivity index (χ3v) is 4.26. The van der Waals surface area contributed by atoms with Gasteiger partial charge in [0, 0.05) is 24.3 Å². The lowest BCUT2D eigenvalue weighted by molar-refractivity contribution is 0.297. The first-order valence-electron chi connectivity index (χ1n) is 7.41. The molecule has 19 heavy (non-hydrogen) atoms. The number of rotatable bonds is 6. The minimum absolute atomic E-state index is 0.227. The van der Waals surface area contributed by atoms with Gasteiger partial charge in [-0.1, -0.05) is 25.0 Å². The van der Waals surface area contributed by atoms with Gasteiger partial charge in [-0.3, -0.25) is 0 Å². The summed E-state index contributed by atoms with van der Waals surface area (Å²) in [6.07, 6.45) is 5.16. The van der Waals surface area contributed by atoms with Gasteiger partial charge in [-0.25, -0.2) is 0 Å². The summed E-state index contributed by atoms with van der Waals surface area (Å²) in [5.41, 5.74) is 2.55. The summed E-state index contributed by atoms with van der Waals surface area (Å²) in [6, 6.07) is 9.76. The molecular formula is C16H26N2O. The number of hydrogen-bond acceptors (Lipinski definition) is 3. The molecule has 106 valence electrons. The third-order valence-electron chi connectivity index (χ3n) is 4.26. The van der Waals surface area contributed by atoms with Crippen LogP contribution in [-0.2, 0) is 0 Å². The molecule has 0 heterocycles. The maximum absolute atomic E-state index is 9.29. The first-order chi connectivity index (χ1) is 9.26. The van der Waals surface area contributed by atoms with Crippen LogP contribution < -0.4 is 10.2 Å². The van der Waals surface area contributed by atoms with Gasteiger partial charge >= 0.3 is 0 Å². The molecule has 0 radical (unpaired) electrons. The quantitative estimate of drug-likeness (QED) is 0.827. The van der Waals surface area contributed by atoms with Gasteiger partial charge in [0.15, 0.2) is 0 Å². The molecule has 3 heteroatoms. The molecule has 2 rings (SSSR count). The van der Waals surface area contributed by atoms with E-state index in [-0.39, 0.29) is 6.61 Å². The van der Waals surface area contributed by atoms with E-state index >= 15 is 0 Å². The monoisotopic (exact) mass is 262 g/mol. The Morgan fingerprint density at radius 3 is 2.42 bits per heavy atom. The second kappa shape index (κ2) is 6.92. The van der Waals surface area contributed by atoms with E-state index in [1.165, 1.54) is 36.9 Å². The van der Waals surface area contributed by atoms with E-state index in [0.29, 0.717) is 12.1 Å². The normalized spacial score (nSPS) is 17.6. The first kappa shape index (κ1) is 14.4. The summed E-state index contributed by atoms with van der Waals surface area (Å²) in [5, 5.41) is 12.5. The average molecular weight is 262 g/mol. The minimum atomic E-state index is 0.227. The molecule has 1 aliphatic carbocycles. The molecular weight excluding hydrogens is 236 g/mol. The number of benzene rings is 1. The molecule has 0 amide bonds. The highest BCUT2D eigenvalue weighted by atomic mass is 16.3. The van der Waals surface area contributed by atoms with E-state index in [4.69, 9.17) is 0 Å². The lowest BCUT2D eigenvalue weighted by Gasteiger charge is -2.31. The van der Waals surface area contributed by atoms with Crippen LogP contribution in [0.3, 0.4) is 0 Å². The molecule has 1 aliphatic rings. The molecule has 1 atom stereocenters. The Labute approximate surface area is 116 Å². The van der Waals surface area contributed by atoms with Crippen molar-refractivity contribution in [3.63, 3.8) is 0 Å². The molecule has 1 unspecified atom stereocenters. The summed E-state index contributed by atoms with van der Waals surface area (Å²) < 4.78 is 0. The second-order valence-electron chi connectivity index (χ2n) is 5.46. The van der Waals surface area contributed by atoms with Gasteiger partial charge in [-0.15, -0.1) is 0 Å². The molecule has 1 aromatic carbocycles. The Morgan fingerprint density at radius 2 is 1.89 bits per heavy atom. The smallest absolute Gasteiger partial charge is 0.0606 e. The van der Waals surface area contributed by atoms with Crippen molar-refractivity contribution in [2.45, 2.75) is 44.7 Å². The molecule has 0 saturated heterocycles. The Kier molecular flexibility index (Phi) is 5.23. The number of hydrogen-bond donors (Lipinski definition) is 2. The van der Waals surface area contributed by atoms with E-state index in [1.807, 2.05) is 7.05 Å². The summed E-state index contributed by atoms with van der Waals surface area (Å²) >= 11 is 0. The average Bonchev–Trinajstić information content (AvgIpc) is 2.98. The molecule has 2 N–H and O–H groups in total. The molecule has 1 fully saturated rings. The molecule has 1 aromatic rings. The Balaban J connectivity index is 2.12. The molecule has 0 bridgehead atoms. The summed E-state index contributed by atoms with van der Waals surface area (Å²) in [5.74, 6) is 0. The predicted molar refractivity (Wildman–Crippen MR) is 80.6 cm³/mol. The molecule has 3 nitrogen and oxygen atoms in total. The Bertz CT molecular complexity index is 371. The van der Waals surface area contributed by atoms with Crippen molar-refractivity contribution in [2.24, 2.45) is 0 Å². The van der Waals surface area contributed by atoms with Crippen LogP contribution in [0.5, 0.6) is 0 Å². The third kappa shape index (κ3) is 3.48. The van der Waals surface area contributed by atoms with Crippen LogP contribution in [-0.4, -0.2) is 31.3 Å². The topological polar surface area (TPSA) is 35.5 Å². The number of nitrogens with zero attached hydrogens (tertiary/aromatic N) is 1. The van der Waals surface area contributed by atoms with Crippen LogP contribution in [0, 0.1) is 0 Å². The van der Waals surface area contributed by atoms with Crippen molar-refractivity contribution in [2.75, 3.05) is 25.1 Å². The van der Waals surface area contributed by atoms with Gasteiger partial charge in [-0.05, 0) is 44.5 Å². The second-order valence-corrected chi connectivity index (χ2v) is 5.46. The van der Waals surface area contributed by atoms with Crippen molar-refractivity contribution in [3.05, 3.63) is 29.8 Å². The van der Waals surface area contributed by atoms with Crippen molar-refractivity contribution in [3.8, 4) is 0 Å². The Hall–Kier alpha value is -1.06. The number of nitrogens with one attached hydrogen (secondary N) is 1. The van der Waals surface area contributed by atoms with Crippen molar-refractivity contribution in [1.82, 2.24) is 5.32 Å². The van der Waals surface area contributed by atoms with Crippen molar-refractivity contribution in [1.29, 1.82) is 0 Å². The number of aliphatic hydroxyl groups is 1. The van der Waals surface area contributed by atoms with Crippen molar-refractivity contribution < 1.29 is 5.11 Å². The fourth-order valence-electron chi connectivity index (χ4n) is 2.97. The largest absolute Gasteiger partial charge is 0.395 e. The maximum atomic E-state index is 9.29. The van der Waals surface area contributed by atoms with E-state index in [9.17, 15) is 5.11 Å². The zero-order valence-corrected chi connectivity index (χ0v) is 12.1. The van der Waals surface area contributed by atoms with Gasteiger partial charge in [0.1, 0.15) is 0 Å². The van der Waals surface area contributed by atoms with Crippen LogP contribution in [0.15, 0.2) is 24.3 Å². The maximum Gasteiger partial charge on any atom is 0.0606 e. The van der Waals surface area contributed by atoms with Gasteiger partial charge in [-0.2, -0.15) is 0 Å². The first-order valence-corrected chi connectivity index (χ1v) is 7.41. The van der Waals surface area contributed by atoms with Gasteiger partial charge in [0.05, 0.1) is 6.61 Å². The van der Waals surface area contributed by atoms with Crippen LogP contribution in [0.2, 0.25) is 0 Å². The fraction of sp³-hybridized carbons (Fsp3) is 0.625. The Morgan fingerprint density at radius 1 is 1.26 bits per heavy atom. The summed E-state index contributed by atoms with van der Waals surface area (Å²) in [4.78, 5) is 2.38. The highest BCUT2D eigenvalue weighted by Crippen LogP contribution is 2.28. The zero-order chi connectivity index (χ0) is 13.7. The van der Waals surface area contributed by atoms with Crippen LogP contribution >= 0.6 is 0 Å². The number of aliphatic hydroxyl groups excluding tert-OH is 1.